The number of aryl methyl sites for hydroxylation is 1. The van der Waals surface area contributed by atoms with E-state index in [1.165, 1.54) is 6.92 Å². The Balaban J connectivity index is 2.57. The number of benzene rings is 1. The Kier molecular flexibility index (Phi) is 4.84. The quantitative estimate of drug-likeness (QED) is 0.369. The van der Waals surface area contributed by atoms with E-state index >= 15 is 0 Å². The van der Waals surface area contributed by atoms with Crippen molar-refractivity contribution in [2.24, 2.45) is 0 Å². The van der Waals surface area contributed by atoms with E-state index in [4.69, 9.17) is 0 Å². The Morgan fingerprint density at radius 2 is 2.00 bits per heavy atom. The van der Waals surface area contributed by atoms with Crippen molar-refractivity contribution in [1.29, 1.82) is 5.26 Å². The second-order valence-electron chi connectivity index (χ2n) is 5.16. The van der Waals surface area contributed by atoms with Crippen molar-refractivity contribution < 1.29 is 28.3 Å². The van der Waals surface area contributed by atoms with Gasteiger partial charge < -0.3 is 10.2 Å². The number of phenols is 2. The number of nitro benzene ring substituents is 1. The molecule has 0 spiro atoms. The summed E-state index contributed by atoms with van der Waals surface area (Å²) in [5.74, 6) is -1.71. The van der Waals surface area contributed by atoms with Gasteiger partial charge in [0.1, 0.15) is 5.69 Å². The van der Waals surface area contributed by atoms with E-state index in [2.05, 4.69) is 4.98 Å². The fourth-order valence-corrected chi connectivity index (χ4v) is 2.19. The van der Waals surface area contributed by atoms with Gasteiger partial charge in [0.05, 0.1) is 16.6 Å². The maximum Gasteiger partial charge on any atom is 0.433 e. The van der Waals surface area contributed by atoms with Crippen molar-refractivity contribution in [1.82, 2.24) is 4.98 Å². The molecular formula is C16H10F3N3O4. The number of nitro groups is 1. The zero-order chi connectivity index (χ0) is 19.6. The van der Waals surface area contributed by atoms with Gasteiger partial charge in [0, 0.05) is 17.3 Å². The number of hydrogen-bond acceptors (Lipinski definition) is 6. The molecule has 0 unspecified atom stereocenters. The smallest absolute Gasteiger partial charge is 0.433 e. The predicted octanol–water partition coefficient (Wildman–Crippen LogP) is 3.79. The molecule has 0 saturated carbocycles. The predicted molar refractivity (Wildman–Crippen MR) is 83.9 cm³/mol. The topological polar surface area (TPSA) is 120 Å². The van der Waals surface area contributed by atoms with Crippen LogP contribution in [0.3, 0.4) is 0 Å². The molecule has 0 amide bonds. The number of phenolic OH excluding ortho intramolecular Hbond substituents is 2. The molecule has 1 aromatic carbocycles. The van der Waals surface area contributed by atoms with Crippen LogP contribution in [0, 0.1) is 28.4 Å². The van der Waals surface area contributed by atoms with E-state index < -0.39 is 34.0 Å². The lowest BCUT2D eigenvalue weighted by molar-refractivity contribution is -0.386. The van der Waals surface area contributed by atoms with Gasteiger partial charge in [-0.25, -0.2) is 4.98 Å². The van der Waals surface area contributed by atoms with E-state index in [-0.39, 0.29) is 22.4 Å². The molecule has 26 heavy (non-hydrogen) atoms. The molecule has 0 radical (unpaired) electrons. The van der Waals surface area contributed by atoms with E-state index in [0.29, 0.717) is 6.07 Å². The molecule has 2 rings (SSSR count). The molecule has 1 heterocycles. The van der Waals surface area contributed by atoms with Crippen LogP contribution in [0.1, 0.15) is 22.5 Å². The zero-order valence-corrected chi connectivity index (χ0v) is 13.1. The van der Waals surface area contributed by atoms with E-state index in [9.17, 15) is 38.8 Å². The minimum atomic E-state index is -4.64. The normalized spacial score (nSPS) is 11.9. The number of nitrogens with zero attached hydrogens (tertiary/aromatic N) is 3. The number of hydrogen-bond donors (Lipinski definition) is 2. The van der Waals surface area contributed by atoms with Crippen LogP contribution in [0.5, 0.6) is 11.5 Å². The molecule has 134 valence electrons. The minimum absolute atomic E-state index is 0.00264. The Morgan fingerprint density at radius 1 is 1.35 bits per heavy atom. The number of allylic oxidation sites excluding steroid dienone is 1. The Morgan fingerprint density at radius 3 is 2.50 bits per heavy atom. The summed E-state index contributed by atoms with van der Waals surface area (Å²) in [4.78, 5) is 13.4. The van der Waals surface area contributed by atoms with Crippen LogP contribution in [0.2, 0.25) is 0 Å². The molecule has 7 nitrogen and oxygen atoms in total. The van der Waals surface area contributed by atoms with Crippen molar-refractivity contribution in [2.75, 3.05) is 0 Å². The number of nitriles is 1. The van der Waals surface area contributed by atoms with Crippen molar-refractivity contribution in [3.8, 4) is 17.6 Å². The second kappa shape index (κ2) is 6.72. The average Bonchev–Trinajstić information content (AvgIpc) is 2.54. The van der Waals surface area contributed by atoms with Crippen molar-refractivity contribution >= 4 is 17.3 Å². The molecule has 2 N–H and O–H groups in total. The Hall–Kier alpha value is -3.61. The van der Waals surface area contributed by atoms with Gasteiger partial charge in [-0.2, -0.15) is 18.4 Å². The van der Waals surface area contributed by atoms with E-state index in [1.807, 2.05) is 0 Å². The van der Waals surface area contributed by atoms with Crippen LogP contribution >= 0.6 is 0 Å². The molecule has 0 bridgehead atoms. The Labute approximate surface area is 144 Å². The third-order valence-corrected chi connectivity index (χ3v) is 3.39. The van der Waals surface area contributed by atoms with E-state index in [1.54, 1.807) is 6.07 Å². The largest absolute Gasteiger partial charge is 0.504 e. The highest BCUT2D eigenvalue weighted by atomic mass is 19.4. The third-order valence-electron chi connectivity index (χ3n) is 3.39. The number of aromatic nitrogens is 1. The summed E-state index contributed by atoms with van der Waals surface area (Å²) in [6.45, 7) is 1.28. The van der Waals surface area contributed by atoms with Gasteiger partial charge >= 0.3 is 11.9 Å². The number of aromatic hydroxyl groups is 2. The number of alkyl halides is 3. The lowest BCUT2D eigenvalue weighted by atomic mass is 10.0. The van der Waals surface area contributed by atoms with Crippen LogP contribution in [-0.4, -0.2) is 20.1 Å². The summed E-state index contributed by atoms with van der Waals surface area (Å²) in [5, 5.41) is 39.2. The minimum Gasteiger partial charge on any atom is -0.504 e. The highest BCUT2D eigenvalue weighted by molar-refractivity contribution is 5.91. The Bertz CT molecular complexity index is 962. The van der Waals surface area contributed by atoms with Crippen molar-refractivity contribution in [3.63, 3.8) is 0 Å². The summed E-state index contributed by atoms with van der Waals surface area (Å²) in [6.07, 6.45) is -3.51. The summed E-state index contributed by atoms with van der Waals surface area (Å²) in [7, 11) is 0. The highest BCUT2D eigenvalue weighted by Gasteiger charge is 2.32. The molecule has 0 saturated heterocycles. The number of pyridine rings is 1. The first-order valence-corrected chi connectivity index (χ1v) is 6.92. The summed E-state index contributed by atoms with van der Waals surface area (Å²) in [5.41, 5.74) is -1.99. The van der Waals surface area contributed by atoms with E-state index in [0.717, 1.165) is 24.3 Å². The fourth-order valence-electron chi connectivity index (χ4n) is 2.19. The van der Waals surface area contributed by atoms with Crippen LogP contribution in [-0.2, 0) is 6.18 Å². The SMILES string of the molecule is Cc1nc(C(F)(F)F)ccc1C(C#N)=Cc1cc(O)c(O)c([N+](=O)[O-])c1. The van der Waals surface area contributed by atoms with Gasteiger partial charge in [-0.05, 0) is 36.8 Å². The van der Waals surface area contributed by atoms with Gasteiger partial charge in [-0.15, -0.1) is 0 Å². The fraction of sp³-hybridized carbons (Fsp3) is 0.125. The van der Waals surface area contributed by atoms with Crippen molar-refractivity contribution in [3.05, 3.63) is 56.9 Å². The summed E-state index contributed by atoms with van der Waals surface area (Å²) >= 11 is 0. The highest BCUT2D eigenvalue weighted by Crippen LogP contribution is 2.37. The van der Waals surface area contributed by atoms with Crippen LogP contribution in [0.4, 0.5) is 18.9 Å². The van der Waals surface area contributed by atoms with Gasteiger partial charge in [0.2, 0.25) is 5.75 Å². The van der Waals surface area contributed by atoms with Gasteiger partial charge in [0.25, 0.3) is 0 Å². The van der Waals surface area contributed by atoms with Gasteiger partial charge in [0.15, 0.2) is 5.75 Å². The number of rotatable bonds is 3. The second-order valence-corrected chi connectivity index (χ2v) is 5.16. The standard InChI is InChI=1S/C16H10F3N3O4/c1-8-11(2-3-14(21-8)16(17,18)19)10(7-20)4-9-5-12(22(25)26)15(24)13(23)6-9/h2-6,23-24H,1H3. The van der Waals surface area contributed by atoms with Crippen LogP contribution in [0.25, 0.3) is 11.6 Å². The maximum atomic E-state index is 12.7. The lowest BCUT2D eigenvalue weighted by Crippen LogP contribution is -2.09. The third kappa shape index (κ3) is 3.72. The molecule has 1 aromatic heterocycles. The zero-order valence-electron chi connectivity index (χ0n) is 13.1. The van der Waals surface area contributed by atoms with Crippen molar-refractivity contribution in [2.45, 2.75) is 13.1 Å². The molecular weight excluding hydrogens is 355 g/mol. The summed E-state index contributed by atoms with van der Waals surface area (Å²) in [6, 6.07) is 5.45. The first-order valence-electron chi connectivity index (χ1n) is 6.92. The molecule has 2 aromatic rings. The average molecular weight is 365 g/mol. The first kappa shape index (κ1) is 18.7. The summed E-state index contributed by atoms with van der Waals surface area (Å²) < 4.78 is 38.0. The molecule has 10 heteroatoms. The van der Waals surface area contributed by atoms with Gasteiger partial charge in [-0.3, -0.25) is 10.1 Å². The molecule has 0 aliphatic carbocycles. The maximum absolute atomic E-state index is 12.7. The molecule has 0 fully saturated rings. The lowest BCUT2D eigenvalue weighted by Gasteiger charge is -2.09. The number of halogens is 3. The van der Waals surface area contributed by atoms with Crippen LogP contribution < -0.4 is 0 Å². The monoisotopic (exact) mass is 365 g/mol. The first-order chi connectivity index (χ1) is 12.0. The molecule has 0 aliphatic rings. The van der Waals surface area contributed by atoms with Crippen LogP contribution in [0.15, 0.2) is 24.3 Å². The van der Waals surface area contributed by atoms with Gasteiger partial charge in [-0.1, -0.05) is 0 Å². The molecule has 0 atom stereocenters. The molecule has 0 aliphatic heterocycles.